The standard InChI is InChI=1S/C17H22O2/c18-12-14-6-9-17-15(10-14)7-8-16(19-17)11-13-4-2-1-3-5-13/h6,9-10,12-13,16H,1-5,7-8,11H2. The summed E-state index contributed by atoms with van der Waals surface area (Å²) < 4.78 is 6.12. The number of rotatable bonds is 3. The van der Waals surface area contributed by atoms with Crippen LogP contribution < -0.4 is 4.74 Å². The maximum atomic E-state index is 10.8. The van der Waals surface area contributed by atoms with Gasteiger partial charge in [-0.1, -0.05) is 32.1 Å². The Morgan fingerprint density at radius 3 is 2.79 bits per heavy atom. The van der Waals surface area contributed by atoms with Crippen LogP contribution in [0.15, 0.2) is 18.2 Å². The molecule has 0 amide bonds. The Morgan fingerprint density at radius 2 is 2.00 bits per heavy atom. The van der Waals surface area contributed by atoms with Gasteiger partial charge in [-0.3, -0.25) is 4.79 Å². The van der Waals surface area contributed by atoms with E-state index in [9.17, 15) is 4.79 Å². The minimum atomic E-state index is 0.387. The summed E-state index contributed by atoms with van der Waals surface area (Å²) in [5, 5.41) is 0. The molecule has 0 bridgehead atoms. The van der Waals surface area contributed by atoms with Crippen LogP contribution in [0.1, 0.15) is 60.9 Å². The van der Waals surface area contributed by atoms with Gasteiger partial charge in [-0.2, -0.15) is 0 Å². The molecule has 2 nitrogen and oxygen atoms in total. The van der Waals surface area contributed by atoms with Crippen molar-refractivity contribution in [3.05, 3.63) is 29.3 Å². The van der Waals surface area contributed by atoms with E-state index >= 15 is 0 Å². The van der Waals surface area contributed by atoms with E-state index in [4.69, 9.17) is 4.74 Å². The van der Waals surface area contributed by atoms with E-state index in [1.807, 2.05) is 18.2 Å². The molecule has 2 aliphatic rings. The average molecular weight is 258 g/mol. The lowest BCUT2D eigenvalue weighted by molar-refractivity contribution is 0.112. The highest BCUT2D eigenvalue weighted by Gasteiger charge is 2.24. The van der Waals surface area contributed by atoms with E-state index < -0.39 is 0 Å². The Labute approximate surface area is 115 Å². The van der Waals surface area contributed by atoms with E-state index in [1.54, 1.807) is 0 Å². The molecule has 0 spiro atoms. The van der Waals surface area contributed by atoms with Crippen LogP contribution in [-0.4, -0.2) is 12.4 Å². The Balaban J connectivity index is 1.63. The summed E-state index contributed by atoms with van der Waals surface area (Å²) in [5.41, 5.74) is 1.96. The molecule has 0 N–H and O–H groups in total. The SMILES string of the molecule is O=Cc1ccc2c(c1)CCC(CC1CCCCC1)O2. The van der Waals surface area contributed by atoms with Gasteiger partial charge in [0, 0.05) is 5.56 Å². The van der Waals surface area contributed by atoms with Crippen molar-refractivity contribution >= 4 is 6.29 Å². The minimum Gasteiger partial charge on any atom is -0.490 e. The summed E-state index contributed by atoms with van der Waals surface area (Å²) in [7, 11) is 0. The molecule has 0 saturated heterocycles. The highest BCUT2D eigenvalue weighted by Crippen LogP contribution is 2.34. The van der Waals surface area contributed by atoms with Crippen molar-refractivity contribution in [3.8, 4) is 5.75 Å². The fourth-order valence-electron chi connectivity index (χ4n) is 3.50. The molecule has 1 aliphatic carbocycles. The summed E-state index contributed by atoms with van der Waals surface area (Å²) >= 11 is 0. The van der Waals surface area contributed by atoms with Gasteiger partial charge in [0.25, 0.3) is 0 Å². The molecule has 0 radical (unpaired) electrons. The molecule has 1 fully saturated rings. The van der Waals surface area contributed by atoms with Crippen molar-refractivity contribution in [2.24, 2.45) is 5.92 Å². The fourth-order valence-corrected chi connectivity index (χ4v) is 3.50. The average Bonchev–Trinajstić information content (AvgIpc) is 2.48. The monoisotopic (exact) mass is 258 g/mol. The molecule has 1 unspecified atom stereocenters. The quantitative estimate of drug-likeness (QED) is 0.761. The van der Waals surface area contributed by atoms with Crippen LogP contribution in [0.5, 0.6) is 5.75 Å². The third-order valence-electron chi connectivity index (χ3n) is 4.57. The molecule has 2 heteroatoms. The van der Waals surface area contributed by atoms with Gasteiger partial charge < -0.3 is 4.74 Å². The van der Waals surface area contributed by atoms with E-state index in [0.29, 0.717) is 6.10 Å². The number of hydrogen-bond acceptors (Lipinski definition) is 2. The third kappa shape index (κ3) is 2.99. The number of carbonyl (C=O) groups excluding carboxylic acids is 1. The van der Waals surface area contributed by atoms with Crippen molar-refractivity contribution < 1.29 is 9.53 Å². The van der Waals surface area contributed by atoms with Crippen molar-refractivity contribution in [3.63, 3.8) is 0 Å². The Kier molecular flexibility index (Phi) is 3.86. The van der Waals surface area contributed by atoms with Crippen LogP contribution in [0.25, 0.3) is 0 Å². The zero-order valence-electron chi connectivity index (χ0n) is 11.4. The summed E-state index contributed by atoms with van der Waals surface area (Å²) in [5.74, 6) is 1.87. The van der Waals surface area contributed by atoms with Gasteiger partial charge in [0.1, 0.15) is 12.0 Å². The summed E-state index contributed by atoms with van der Waals surface area (Å²) in [6.07, 6.45) is 11.7. The van der Waals surface area contributed by atoms with Crippen LogP contribution in [-0.2, 0) is 6.42 Å². The molecular formula is C17H22O2. The van der Waals surface area contributed by atoms with Crippen LogP contribution >= 0.6 is 0 Å². The van der Waals surface area contributed by atoms with Gasteiger partial charge in [-0.05, 0) is 48.9 Å². The number of ether oxygens (including phenoxy) is 1. The molecule has 1 aromatic carbocycles. The third-order valence-corrected chi connectivity index (χ3v) is 4.57. The second-order valence-electron chi connectivity index (χ2n) is 6.00. The van der Waals surface area contributed by atoms with E-state index in [1.165, 1.54) is 44.1 Å². The topological polar surface area (TPSA) is 26.3 Å². The highest BCUT2D eigenvalue weighted by atomic mass is 16.5. The van der Waals surface area contributed by atoms with Crippen LogP contribution in [0.3, 0.4) is 0 Å². The fraction of sp³-hybridized carbons (Fsp3) is 0.588. The molecule has 1 atom stereocenters. The van der Waals surface area contributed by atoms with Gasteiger partial charge in [-0.25, -0.2) is 0 Å². The number of aldehydes is 1. The zero-order valence-corrected chi connectivity index (χ0v) is 11.4. The number of fused-ring (bicyclic) bond motifs is 1. The van der Waals surface area contributed by atoms with Crippen molar-refractivity contribution in [1.29, 1.82) is 0 Å². The molecule has 102 valence electrons. The first-order chi connectivity index (χ1) is 9.35. The van der Waals surface area contributed by atoms with Gasteiger partial charge in [0.15, 0.2) is 0 Å². The first-order valence-electron chi connectivity index (χ1n) is 7.60. The van der Waals surface area contributed by atoms with Crippen molar-refractivity contribution in [2.45, 2.75) is 57.5 Å². The van der Waals surface area contributed by atoms with E-state index in [2.05, 4.69) is 0 Å². The molecule has 3 rings (SSSR count). The lowest BCUT2D eigenvalue weighted by Crippen LogP contribution is -2.26. The summed E-state index contributed by atoms with van der Waals surface area (Å²) in [6, 6.07) is 5.79. The Hall–Kier alpha value is -1.31. The van der Waals surface area contributed by atoms with Gasteiger partial charge in [0.05, 0.1) is 6.10 Å². The van der Waals surface area contributed by atoms with E-state index in [-0.39, 0.29) is 0 Å². The van der Waals surface area contributed by atoms with E-state index in [0.717, 1.165) is 36.4 Å². The molecule has 19 heavy (non-hydrogen) atoms. The van der Waals surface area contributed by atoms with Crippen LogP contribution in [0.4, 0.5) is 0 Å². The lowest BCUT2D eigenvalue weighted by atomic mass is 9.84. The molecule has 1 saturated carbocycles. The summed E-state index contributed by atoms with van der Waals surface area (Å²) in [4.78, 5) is 10.8. The zero-order chi connectivity index (χ0) is 13.1. The normalized spacial score (nSPS) is 23.5. The predicted molar refractivity (Wildman–Crippen MR) is 75.8 cm³/mol. The van der Waals surface area contributed by atoms with Crippen LogP contribution in [0.2, 0.25) is 0 Å². The van der Waals surface area contributed by atoms with Gasteiger partial charge in [-0.15, -0.1) is 0 Å². The van der Waals surface area contributed by atoms with Gasteiger partial charge in [0.2, 0.25) is 0 Å². The number of aryl methyl sites for hydroxylation is 1. The number of benzene rings is 1. The lowest BCUT2D eigenvalue weighted by Gasteiger charge is -2.30. The Bertz CT molecular complexity index is 447. The first-order valence-corrected chi connectivity index (χ1v) is 7.60. The van der Waals surface area contributed by atoms with Crippen molar-refractivity contribution in [2.75, 3.05) is 0 Å². The second-order valence-corrected chi connectivity index (χ2v) is 6.00. The maximum absolute atomic E-state index is 10.8. The van der Waals surface area contributed by atoms with Crippen molar-refractivity contribution in [1.82, 2.24) is 0 Å². The first kappa shape index (κ1) is 12.7. The largest absolute Gasteiger partial charge is 0.490 e. The van der Waals surface area contributed by atoms with Gasteiger partial charge >= 0.3 is 0 Å². The molecule has 0 aromatic heterocycles. The predicted octanol–water partition coefficient (Wildman–Crippen LogP) is 4.16. The second kappa shape index (κ2) is 5.77. The maximum Gasteiger partial charge on any atom is 0.150 e. The smallest absolute Gasteiger partial charge is 0.150 e. The molecule has 1 aromatic rings. The minimum absolute atomic E-state index is 0.387. The molecular weight excluding hydrogens is 236 g/mol. The molecule has 1 aliphatic heterocycles. The highest BCUT2D eigenvalue weighted by molar-refractivity contribution is 5.75. The number of carbonyl (C=O) groups is 1. The Morgan fingerprint density at radius 1 is 1.16 bits per heavy atom. The number of hydrogen-bond donors (Lipinski definition) is 0. The summed E-state index contributed by atoms with van der Waals surface area (Å²) in [6.45, 7) is 0. The molecule has 1 heterocycles. The van der Waals surface area contributed by atoms with Crippen LogP contribution in [0, 0.1) is 5.92 Å².